The van der Waals surface area contributed by atoms with Gasteiger partial charge in [0.05, 0.1) is 0 Å². The van der Waals surface area contributed by atoms with Crippen LogP contribution in [0.1, 0.15) is 43.0 Å². The van der Waals surface area contributed by atoms with Crippen LogP contribution in [0, 0.1) is 3.57 Å². The largest absolute Gasteiger partial charge is 0.294 e. The molecule has 0 aliphatic heterocycles. The van der Waals surface area contributed by atoms with E-state index < -0.39 is 0 Å². The summed E-state index contributed by atoms with van der Waals surface area (Å²) < 4.78 is 2.01. The van der Waals surface area contributed by atoms with Crippen LogP contribution in [0.3, 0.4) is 0 Å². The molecule has 0 unspecified atom stereocenters. The van der Waals surface area contributed by atoms with Gasteiger partial charge in [-0.3, -0.25) is 4.79 Å². The average molecular weight is 381 g/mol. The molecule has 0 N–H and O–H groups in total. The van der Waals surface area contributed by atoms with Gasteiger partial charge in [-0.2, -0.15) is 0 Å². The number of benzene rings is 1. The zero-order valence-corrected chi connectivity index (χ0v) is 12.5. The van der Waals surface area contributed by atoms with Crippen molar-refractivity contribution < 1.29 is 4.79 Å². The Morgan fingerprint density at radius 3 is 2.80 bits per heavy atom. The van der Waals surface area contributed by atoms with Crippen LogP contribution in [-0.2, 0) is 0 Å². The molecule has 0 saturated carbocycles. The number of rotatable bonds is 5. The predicted octanol–water partition coefficient (Wildman–Crippen LogP) is 4.82. The lowest BCUT2D eigenvalue weighted by molar-refractivity contribution is 0.0978. The van der Waals surface area contributed by atoms with Gasteiger partial charge in [-0.1, -0.05) is 35.7 Å². The second kappa shape index (κ2) is 6.63. The molecule has 0 atom stereocenters. The van der Waals surface area contributed by atoms with Crippen molar-refractivity contribution in [2.24, 2.45) is 0 Å². The second-order valence-corrected chi connectivity index (χ2v) is 5.60. The van der Waals surface area contributed by atoms with Crippen LogP contribution in [0.5, 0.6) is 0 Å². The van der Waals surface area contributed by atoms with Crippen LogP contribution in [0.25, 0.3) is 0 Å². The SMILES string of the molecule is CCCCCC(=O)c1cc(I)ccc1Br. The van der Waals surface area contributed by atoms with Crippen LogP contribution in [0.2, 0.25) is 0 Å². The van der Waals surface area contributed by atoms with Crippen LogP contribution in [0.15, 0.2) is 22.7 Å². The minimum Gasteiger partial charge on any atom is -0.294 e. The molecular weight excluding hydrogens is 367 g/mol. The summed E-state index contributed by atoms with van der Waals surface area (Å²) in [5.41, 5.74) is 0.818. The van der Waals surface area contributed by atoms with Crippen LogP contribution in [-0.4, -0.2) is 5.78 Å². The smallest absolute Gasteiger partial charge is 0.164 e. The molecule has 0 spiro atoms. The zero-order chi connectivity index (χ0) is 11.3. The molecule has 3 heteroatoms. The van der Waals surface area contributed by atoms with E-state index in [9.17, 15) is 4.79 Å². The lowest BCUT2D eigenvalue weighted by atomic mass is 10.1. The van der Waals surface area contributed by atoms with Crippen molar-refractivity contribution in [3.05, 3.63) is 31.8 Å². The molecule has 0 bridgehead atoms. The van der Waals surface area contributed by atoms with Crippen LogP contribution in [0.4, 0.5) is 0 Å². The molecule has 0 aliphatic carbocycles. The van der Waals surface area contributed by atoms with E-state index in [0.717, 1.165) is 32.9 Å². The first kappa shape index (κ1) is 13.2. The summed E-state index contributed by atoms with van der Waals surface area (Å²) in [6, 6.07) is 5.88. The predicted molar refractivity (Wildman–Crippen MR) is 75.3 cm³/mol. The highest BCUT2D eigenvalue weighted by molar-refractivity contribution is 14.1. The first-order chi connectivity index (χ1) is 7.15. The summed E-state index contributed by atoms with van der Waals surface area (Å²) in [7, 11) is 0. The third kappa shape index (κ3) is 4.23. The van der Waals surface area contributed by atoms with E-state index in [2.05, 4.69) is 45.4 Å². The fraction of sp³-hybridized carbons (Fsp3) is 0.417. The summed E-state index contributed by atoms with van der Waals surface area (Å²) in [5.74, 6) is 0.244. The summed E-state index contributed by atoms with van der Waals surface area (Å²) >= 11 is 5.64. The lowest BCUT2D eigenvalue weighted by Crippen LogP contribution is -2.00. The summed E-state index contributed by atoms with van der Waals surface area (Å²) in [5, 5.41) is 0. The molecule has 0 aromatic heterocycles. The highest BCUT2D eigenvalue weighted by atomic mass is 127. The molecule has 0 fully saturated rings. The highest BCUT2D eigenvalue weighted by Gasteiger charge is 2.09. The zero-order valence-electron chi connectivity index (χ0n) is 8.72. The van der Waals surface area contributed by atoms with Crippen molar-refractivity contribution in [1.29, 1.82) is 0 Å². The number of carbonyl (C=O) groups is 1. The number of hydrogen-bond acceptors (Lipinski definition) is 1. The third-order valence-corrected chi connectivity index (χ3v) is 3.60. The summed E-state index contributed by atoms with van der Waals surface area (Å²) in [6.45, 7) is 2.14. The molecule has 82 valence electrons. The molecule has 15 heavy (non-hydrogen) atoms. The van der Waals surface area contributed by atoms with Gasteiger partial charge in [0.15, 0.2) is 5.78 Å². The van der Waals surface area contributed by atoms with E-state index in [1.165, 1.54) is 0 Å². The molecule has 0 saturated heterocycles. The van der Waals surface area contributed by atoms with E-state index in [0.29, 0.717) is 6.42 Å². The van der Waals surface area contributed by atoms with Gasteiger partial charge < -0.3 is 0 Å². The van der Waals surface area contributed by atoms with Gasteiger partial charge in [0.2, 0.25) is 0 Å². The van der Waals surface area contributed by atoms with Crippen molar-refractivity contribution in [3.63, 3.8) is 0 Å². The highest BCUT2D eigenvalue weighted by Crippen LogP contribution is 2.21. The normalized spacial score (nSPS) is 10.3. The minimum absolute atomic E-state index is 0.244. The average Bonchev–Trinajstić information content (AvgIpc) is 2.22. The van der Waals surface area contributed by atoms with Gasteiger partial charge in [-0.15, -0.1) is 0 Å². The van der Waals surface area contributed by atoms with Crippen LogP contribution < -0.4 is 0 Å². The minimum atomic E-state index is 0.244. The van der Waals surface area contributed by atoms with E-state index in [4.69, 9.17) is 0 Å². The van der Waals surface area contributed by atoms with E-state index in [1.807, 2.05) is 18.2 Å². The fourth-order valence-corrected chi connectivity index (χ4v) is 2.34. The van der Waals surface area contributed by atoms with Gasteiger partial charge in [0.25, 0.3) is 0 Å². The first-order valence-corrected chi connectivity index (χ1v) is 7.00. The second-order valence-electron chi connectivity index (χ2n) is 3.50. The monoisotopic (exact) mass is 380 g/mol. The van der Waals surface area contributed by atoms with Gasteiger partial charge in [-0.25, -0.2) is 0 Å². The van der Waals surface area contributed by atoms with Crippen molar-refractivity contribution in [2.75, 3.05) is 0 Å². The molecule has 1 aromatic rings. The molecule has 1 nitrogen and oxygen atoms in total. The number of halogens is 2. The lowest BCUT2D eigenvalue weighted by Gasteiger charge is -2.04. The van der Waals surface area contributed by atoms with E-state index in [1.54, 1.807) is 0 Å². The van der Waals surface area contributed by atoms with Crippen LogP contribution >= 0.6 is 38.5 Å². The molecule has 0 amide bonds. The van der Waals surface area contributed by atoms with Crippen molar-refractivity contribution in [2.45, 2.75) is 32.6 Å². The number of carbonyl (C=O) groups excluding carboxylic acids is 1. The van der Waals surface area contributed by atoms with Crippen molar-refractivity contribution in [1.82, 2.24) is 0 Å². The van der Waals surface area contributed by atoms with Crippen molar-refractivity contribution >= 4 is 44.3 Å². The number of ketones is 1. The maximum Gasteiger partial charge on any atom is 0.164 e. The maximum absolute atomic E-state index is 11.9. The van der Waals surface area contributed by atoms with Gasteiger partial charge in [0.1, 0.15) is 0 Å². The fourth-order valence-electron chi connectivity index (χ4n) is 1.38. The Morgan fingerprint density at radius 1 is 1.40 bits per heavy atom. The Morgan fingerprint density at radius 2 is 2.13 bits per heavy atom. The molecule has 0 radical (unpaired) electrons. The first-order valence-electron chi connectivity index (χ1n) is 5.13. The van der Waals surface area contributed by atoms with E-state index in [-0.39, 0.29) is 5.78 Å². The summed E-state index contributed by atoms with van der Waals surface area (Å²) in [6.07, 6.45) is 3.94. The Bertz CT molecular complexity index is 349. The Balaban J connectivity index is 2.68. The topological polar surface area (TPSA) is 17.1 Å². The Hall–Kier alpha value is 0.1000. The van der Waals surface area contributed by atoms with Gasteiger partial charge in [-0.05, 0) is 47.2 Å². The Labute approximate surface area is 113 Å². The molecule has 0 heterocycles. The quantitative estimate of drug-likeness (QED) is 0.406. The summed E-state index contributed by atoms with van der Waals surface area (Å²) in [4.78, 5) is 11.9. The number of Topliss-reactive ketones (excluding diaryl/α,β-unsaturated/α-hetero) is 1. The standard InChI is InChI=1S/C12H14BrIO/c1-2-3-4-5-12(15)10-8-9(14)6-7-11(10)13/h6-8H,2-5H2,1H3. The third-order valence-electron chi connectivity index (χ3n) is 2.24. The molecular formula is C12H14BrIO. The number of unbranched alkanes of at least 4 members (excludes halogenated alkanes) is 2. The van der Waals surface area contributed by atoms with E-state index >= 15 is 0 Å². The van der Waals surface area contributed by atoms with Crippen molar-refractivity contribution in [3.8, 4) is 0 Å². The Kier molecular flexibility index (Phi) is 5.82. The maximum atomic E-state index is 11.9. The molecule has 1 rings (SSSR count). The van der Waals surface area contributed by atoms with Gasteiger partial charge in [0, 0.05) is 20.0 Å². The van der Waals surface area contributed by atoms with Gasteiger partial charge >= 0.3 is 0 Å². The molecule has 1 aromatic carbocycles. The number of hydrogen-bond donors (Lipinski definition) is 0. The molecule has 0 aliphatic rings.